The number of nitrogens with one attached hydrogen (secondary N) is 1. The van der Waals surface area contributed by atoms with Crippen LogP contribution in [0.4, 0.5) is 0 Å². The zero-order valence-electron chi connectivity index (χ0n) is 10.3. The molecule has 4 heteroatoms. The van der Waals surface area contributed by atoms with Crippen LogP contribution >= 0.6 is 0 Å². The number of methoxy groups -OCH3 is 1. The van der Waals surface area contributed by atoms with Gasteiger partial charge in [0.2, 0.25) is 0 Å². The Balaban J connectivity index is 2.05. The monoisotopic (exact) mass is 226 g/mol. The van der Waals surface area contributed by atoms with Crippen LogP contribution in [-0.4, -0.2) is 49.7 Å². The van der Waals surface area contributed by atoms with E-state index in [1.807, 2.05) is 4.90 Å². The summed E-state index contributed by atoms with van der Waals surface area (Å²) in [5.41, 5.74) is -0.546. The third-order valence-corrected chi connectivity index (χ3v) is 3.90. The molecule has 2 heterocycles. The van der Waals surface area contributed by atoms with Crippen molar-refractivity contribution in [2.45, 2.75) is 31.8 Å². The lowest BCUT2D eigenvalue weighted by Gasteiger charge is -2.37. The number of hydrogen-bond acceptors (Lipinski definition) is 3. The van der Waals surface area contributed by atoms with Crippen molar-refractivity contribution in [1.29, 1.82) is 0 Å². The molecule has 92 valence electrons. The SMILES string of the molecule is COC1(C(=O)N2CCC(C)C2)CCNCC1. The number of nitrogens with zero attached hydrogens (tertiary/aromatic N) is 1. The summed E-state index contributed by atoms with van der Waals surface area (Å²) in [7, 11) is 1.67. The maximum absolute atomic E-state index is 12.5. The Labute approximate surface area is 97.3 Å². The molecule has 4 nitrogen and oxygen atoms in total. The summed E-state index contributed by atoms with van der Waals surface area (Å²) >= 11 is 0. The van der Waals surface area contributed by atoms with Crippen molar-refractivity contribution in [3.8, 4) is 0 Å². The number of amides is 1. The van der Waals surface area contributed by atoms with Gasteiger partial charge in [0.25, 0.3) is 5.91 Å². The van der Waals surface area contributed by atoms with Crippen molar-refractivity contribution in [2.75, 3.05) is 33.3 Å². The molecule has 0 aromatic carbocycles. The second-order valence-electron chi connectivity index (χ2n) is 5.09. The molecule has 0 spiro atoms. The van der Waals surface area contributed by atoms with E-state index in [-0.39, 0.29) is 5.91 Å². The molecule has 0 bridgehead atoms. The Bertz CT molecular complexity index is 262. The van der Waals surface area contributed by atoms with Gasteiger partial charge in [-0.05, 0) is 38.3 Å². The largest absolute Gasteiger partial charge is 0.368 e. The first-order valence-corrected chi connectivity index (χ1v) is 6.23. The van der Waals surface area contributed by atoms with Gasteiger partial charge < -0.3 is 15.0 Å². The first-order valence-electron chi connectivity index (χ1n) is 6.23. The third-order valence-electron chi connectivity index (χ3n) is 3.90. The molecule has 0 aromatic rings. The molecule has 0 saturated carbocycles. The van der Waals surface area contributed by atoms with Crippen LogP contribution in [0.25, 0.3) is 0 Å². The van der Waals surface area contributed by atoms with Crippen LogP contribution in [0.15, 0.2) is 0 Å². The number of carbonyl (C=O) groups is 1. The van der Waals surface area contributed by atoms with Crippen molar-refractivity contribution in [2.24, 2.45) is 5.92 Å². The number of carbonyl (C=O) groups excluding carboxylic acids is 1. The van der Waals surface area contributed by atoms with Crippen molar-refractivity contribution in [3.05, 3.63) is 0 Å². The normalized spacial score (nSPS) is 29.4. The van der Waals surface area contributed by atoms with Crippen molar-refractivity contribution < 1.29 is 9.53 Å². The number of piperidine rings is 1. The fourth-order valence-corrected chi connectivity index (χ4v) is 2.74. The Kier molecular flexibility index (Phi) is 3.50. The second-order valence-corrected chi connectivity index (χ2v) is 5.09. The van der Waals surface area contributed by atoms with Crippen LogP contribution in [-0.2, 0) is 9.53 Å². The zero-order valence-corrected chi connectivity index (χ0v) is 10.3. The van der Waals surface area contributed by atoms with Gasteiger partial charge in [-0.25, -0.2) is 0 Å². The summed E-state index contributed by atoms with van der Waals surface area (Å²) in [6, 6.07) is 0. The minimum atomic E-state index is -0.546. The van der Waals surface area contributed by atoms with Gasteiger partial charge in [-0.15, -0.1) is 0 Å². The summed E-state index contributed by atoms with van der Waals surface area (Å²) < 4.78 is 5.56. The first kappa shape index (κ1) is 11.9. The predicted octanol–water partition coefficient (Wildman–Crippen LogP) is 0.623. The molecule has 0 aliphatic carbocycles. The van der Waals surface area contributed by atoms with Crippen LogP contribution in [0, 0.1) is 5.92 Å². The molecular formula is C12H22N2O2. The molecule has 2 rings (SSSR count). The number of hydrogen-bond donors (Lipinski definition) is 1. The molecule has 1 unspecified atom stereocenters. The van der Waals surface area contributed by atoms with Crippen LogP contribution in [0.5, 0.6) is 0 Å². The van der Waals surface area contributed by atoms with Gasteiger partial charge in [0.1, 0.15) is 5.60 Å². The van der Waals surface area contributed by atoms with E-state index in [0.29, 0.717) is 5.92 Å². The molecule has 2 aliphatic rings. The average molecular weight is 226 g/mol. The molecule has 1 atom stereocenters. The highest BCUT2D eigenvalue weighted by Gasteiger charge is 2.43. The Morgan fingerprint density at radius 1 is 1.44 bits per heavy atom. The predicted molar refractivity (Wildman–Crippen MR) is 62.2 cm³/mol. The number of rotatable bonds is 2. The zero-order chi connectivity index (χ0) is 11.6. The van der Waals surface area contributed by atoms with Gasteiger partial charge in [0, 0.05) is 20.2 Å². The van der Waals surface area contributed by atoms with E-state index >= 15 is 0 Å². The molecule has 2 saturated heterocycles. The maximum atomic E-state index is 12.5. The van der Waals surface area contributed by atoms with E-state index in [9.17, 15) is 4.79 Å². The van der Waals surface area contributed by atoms with Gasteiger partial charge in [0.05, 0.1) is 0 Å². The smallest absolute Gasteiger partial charge is 0.254 e. The van der Waals surface area contributed by atoms with Crippen molar-refractivity contribution >= 4 is 5.91 Å². The molecule has 2 aliphatic heterocycles. The minimum Gasteiger partial charge on any atom is -0.368 e. The van der Waals surface area contributed by atoms with Crippen LogP contribution in [0.2, 0.25) is 0 Å². The highest BCUT2D eigenvalue weighted by molar-refractivity contribution is 5.85. The second kappa shape index (κ2) is 4.72. The summed E-state index contributed by atoms with van der Waals surface area (Å²) in [5.74, 6) is 0.848. The fraction of sp³-hybridized carbons (Fsp3) is 0.917. The Morgan fingerprint density at radius 3 is 2.62 bits per heavy atom. The van der Waals surface area contributed by atoms with E-state index < -0.39 is 5.60 Å². The lowest BCUT2D eigenvalue weighted by atomic mass is 9.90. The summed E-state index contributed by atoms with van der Waals surface area (Å²) in [4.78, 5) is 14.5. The molecule has 2 fully saturated rings. The third kappa shape index (κ3) is 2.09. The van der Waals surface area contributed by atoms with Gasteiger partial charge in [-0.1, -0.05) is 6.92 Å². The fourth-order valence-electron chi connectivity index (χ4n) is 2.74. The standard InChI is InChI=1S/C12H22N2O2/c1-10-3-8-14(9-10)11(15)12(16-2)4-6-13-7-5-12/h10,13H,3-9H2,1-2H3. The van der Waals surface area contributed by atoms with Gasteiger partial charge in [-0.3, -0.25) is 4.79 Å². The van der Waals surface area contributed by atoms with E-state index in [1.165, 1.54) is 0 Å². The van der Waals surface area contributed by atoms with Crippen molar-refractivity contribution in [1.82, 2.24) is 10.2 Å². The van der Waals surface area contributed by atoms with E-state index in [0.717, 1.165) is 45.4 Å². The first-order chi connectivity index (χ1) is 7.68. The quantitative estimate of drug-likeness (QED) is 0.750. The van der Waals surface area contributed by atoms with E-state index in [2.05, 4.69) is 12.2 Å². The minimum absolute atomic E-state index is 0.209. The lowest BCUT2D eigenvalue weighted by molar-refractivity contribution is -0.157. The number of likely N-dealkylation sites (tertiary alicyclic amines) is 1. The highest BCUT2D eigenvalue weighted by atomic mass is 16.5. The number of ether oxygens (including phenoxy) is 1. The Hall–Kier alpha value is -0.610. The topological polar surface area (TPSA) is 41.6 Å². The van der Waals surface area contributed by atoms with E-state index in [1.54, 1.807) is 7.11 Å². The van der Waals surface area contributed by atoms with E-state index in [4.69, 9.17) is 4.74 Å². The Morgan fingerprint density at radius 2 is 2.12 bits per heavy atom. The highest BCUT2D eigenvalue weighted by Crippen LogP contribution is 2.28. The maximum Gasteiger partial charge on any atom is 0.254 e. The molecule has 0 radical (unpaired) electrons. The van der Waals surface area contributed by atoms with Crippen LogP contribution in [0.3, 0.4) is 0 Å². The van der Waals surface area contributed by atoms with Crippen molar-refractivity contribution in [3.63, 3.8) is 0 Å². The van der Waals surface area contributed by atoms with Gasteiger partial charge >= 0.3 is 0 Å². The summed E-state index contributed by atoms with van der Waals surface area (Å²) in [5, 5.41) is 3.28. The molecule has 16 heavy (non-hydrogen) atoms. The van der Waals surface area contributed by atoms with Gasteiger partial charge in [0.15, 0.2) is 0 Å². The van der Waals surface area contributed by atoms with Gasteiger partial charge in [-0.2, -0.15) is 0 Å². The summed E-state index contributed by atoms with van der Waals surface area (Å²) in [6.07, 6.45) is 2.73. The summed E-state index contributed by atoms with van der Waals surface area (Å²) in [6.45, 7) is 5.76. The molecular weight excluding hydrogens is 204 g/mol. The molecule has 1 N–H and O–H groups in total. The molecule has 0 aromatic heterocycles. The van der Waals surface area contributed by atoms with Crippen LogP contribution < -0.4 is 5.32 Å². The molecule has 1 amide bonds. The lowest BCUT2D eigenvalue weighted by Crippen LogP contribution is -2.54. The van der Waals surface area contributed by atoms with Crippen LogP contribution in [0.1, 0.15) is 26.2 Å². The average Bonchev–Trinajstić information content (AvgIpc) is 2.76.